The average Bonchev–Trinajstić information content (AvgIpc) is 3.09. The fourth-order valence-electron chi connectivity index (χ4n) is 4.45. The van der Waals surface area contributed by atoms with Gasteiger partial charge in [-0.25, -0.2) is 0 Å². The van der Waals surface area contributed by atoms with Gasteiger partial charge >= 0.3 is 0 Å². The monoisotopic (exact) mass is 449 g/mol. The van der Waals surface area contributed by atoms with Crippen molar-refractivity contribution in [3.8, 4) is 11.5 Å². The number of aryl methyl sites for hydroxylation is 2. The lowest BCUT2D eigenvalue weighted by Gasteiger charge is -2.36. The number of aromatic hydroxyl groups is 2. The molecule has 0 radical (unpaired) electrons. The van der Waals surface area contributed by atoms with Crippen molar-refractivity contribution in [3.05, 3.63) is 59.3 Å². The van der Waals surface area contributed by atoms with Gasteiger partial charge in [-0.15, -0.1) is 0 Å². The number of fused-ring (bicyclic) bond motifs is 1. The zero-order valence-electron chi connectivity index (χ0n) is 19.3. The van der Waals surface area contributed by atoms with Crippen molar-refractivity contribution in [1.29, 1.82) is 0 Å². The summed E-state index contributed by atoms with van der Waals surface area (Å²) in [6.07, 6.45) is 5.83. The molecule has 4 rings (SSSR count). The van der Waals surface area contributed by atoms with Crippen LogP contribution in [-0.4, -0.2) is 25.9 Å². The number of aromatic nitrogens is 1. The first-order chi connectivity index (χ1) is 15.2. The predicted molar refractivity (Wildman–Crippen MR) is 136 cm³/mol. The van der Waals surface area contributed by atoms with Crippen molar-refractivity contribution in [2.45, 2.75) is 52.5 Å². The molecule has 2 aromatic carbocycles. The van der Waals surface area contributed by atoms with E-state index in [1.807, 2.05) is 17.9 Å². The minimum atomic E-state index is 0.0409. The Morgan fingerprint density at radius 3 is 2.50 bits per heavy atom. The van der Waals surface area contributed by atoms with E-state index in [1.54, 1.807) is 0 Å². The van der Waals surface area contributed by atoms with Crippen molar-refractivity contribution in [2.75, 3.05) is 4.90 Å². The van der Waals surface area contributed by atoms with Crippen molar-refractivity contribution in [3.63, 3.8) is 0 Å². The summed E-state index contributed by atoms with van der Waals surface area (Å²) in [5.41, 5.74) is 5.68. The van der Waals surface area contributed by atoms with Crippen LogP contribution >= 0.6 is 12.2 Å². The van der Waals surface area contributed by atoms with Crippen LogP contribution in [0.5, 0.6) is 11.5 Å². The number of nitrogens with one attached hydrogen (secondary N) is 1. The van der Waals surface area contributed by atoms with Crippen LogP contribution in [0.3, 0.4) is 0 Å². The van der Waals surface area contributed by atoms with E-state index in [0.29, 0.717) is 23.0 Å². The molecular formula is C26H31N3O2S. The van der Waals surface area contributed by atoms with Gasteiger partial charge in [0.1, 0.15) is 11.5 Å². The van der Waals surface area contributed by atoms with Crippen LogP contribution in [0, 0.1) is 0 Å². The Kier molecular flexibility index (Phi) is 5.91. The van der Waals surface area contributed by atoms with Crippen LogP contribution in [0.15, 0.2) is 42.6 Å². The normalized spacial score (nSPS) is 16.6. The summed E-state index contributed by atoms with van der Waals surface area (Å²) in [5, 5.41) is 26.2. The summed E-state index contributed by atoms with van der Waals surface area (Å²) < 4.78 is 2.16. The van der Waals surface area contributed by atoms with Gasteiger partial charge < -0.3 is 20.1 Å². The number of hydrogen-bond acceptors (Lipinski definition) is 3. The molecule has 2 heterocycles. The summed E-state index contributed by atoms with van der Waals surface area (Å²) in [4.78, 5) is 1.99. The molecule has 0 fully saturated rings. The maximum absolute atomic E-state index is 10.8. The number of phenols is 2. The molecule has 1 atom stereocenters. The summed E-state index contributed by atoms with van der Waals surface area (Å²) in [7, 11) is 2.07. The van der Waals surface area contributed by atoms with Gasteiger partial charge in [-0.1, -0.05) is 27.7 Å². The van der Waals surface area contributed by atoms with Crippen LogP contribution in [0.2, 0.25) is 0 Å². The number of phenolic OH excluding ortho intramolecular Hbond substituents is 2. The zero-order valence-corrected chi connectivity index (χ0v) is 20.1. The molecule has 5 nitrogen and oxygen atoms in total. The van der Waals surface area contributed by atoms with Crippen molar-refractivity contribution in [2.24, 2.45) is 7.05 Å². The van der Waals surface area contributed by atoms with Gasteiger partial charge in [-0.3, -0.25) is 4.90 Å². The highest BCUT2D eigenvalue weighted by molar-refractivity contribution is 7.80. The highest BCUT2D eigenvalue weighted by atomic mass is 32.1. The molecule has 6 heteroatoms. The largest absolute Gasteiger partial charge is 0.508 e. The highest BCUT2D eigenvalue weighted by Gasteiger charge is 2.28. The van der Waals surface area contributed by atoms with Gasteiger partial charge in [0.05, 0.1) is 5.70 Å². The van der Waals surface area contributed by atoms with Crippen LogP contribution in [-0.2, 0) is 13.5 Å². The summed E-state index contributed by atoms with van der Waals surface area (Å²) in [6.45, 7) is 8.49. The van der Waals surface area contributed by atoms with E-state index in [9.17, 15) is 10.2 Å². The Balaban J connectivity index is 1.92. The Morgan fingerprint density at radius 2 is 1.84 bits per heavy atom. The number of nitrogens with zero attached hydrogens (tertiary/aromatic N) is 2. The lowest BCUT2D eigenvalue weighted by molar-refractivity contribution is 0.445. The molecule has 32 heavy (non-hydrogen) atoms. The molecule has 0 aliphatic carbocycles. The fourth-order valence-corrected chi connectivity index (χ4v) is 4.80. The molecular weight excluding hydrogens is 418 g/mol. The Labute approximate surface area is 195 Å². The van der Waals surface area contributed by atoms with Crippen LogP contribution in [0.25, 0.3) is 16.6 Å². The van der Waals surface area contributed by atoms with E-state index in [4.69, 9.17) is 12.2 Å². The quantitative estimate of drug-likeness (QED) is 0.431. The summed E-state index contributed by atoms with van der Waals surface area (Å²) in [6, 6.07) is 9.73. The first-order valence-electron chi connectivity index (χ1n) is 11.2. The van der Waals surface area contributed by atoms with Crippen molar-refractivity contribution in [1.82, 2.24) is 9.88 Å². The predicted octanol–water partition coefficient (Wildman–Crippen LogP) is 5.79. The average molecular weight is 450 g/mol. The van der Waals surface area contributed by atoms with E-state index >= 15 is 0 Å². The number of hydrogen-bond donors (Lipinski definition) is 3. The van der Waals surface area contributed by atoms with Crippen molar-refractivity contribution >= 4 is 39.6 Å². The minimum absolute atomic E-state index is 0.0409. The van der Waals surface area contributed by atoms with Gasteiger partial charge in [-0.05, 0) is 72.4 Å². The number of rotatable bonds is 5. The molecule has 3 N–H and O–H groups in total. The highest BCUT2D eigenvalue weighted by Crippen LogP contribution is 2.39. The first kappa shape index (κ1) is 22.2. The van der Waals surface area contributed by atoms with Gasteiger partial charge in [0.15, 0.2) is 5.11 Å². The Hall–Kier alpha value is -2.99. The molecule has 1 aliphatic heterocycles. The SMILES string of the molecule is CCc1cc(C2=CC(CC)NC(=S)N2c2ccc3c(c2)c(C(C)C)cn3C)c(O)cc1O. The number of anilines is 1. The van der Waals surface area contributed by atoms with Crippen LogP contribution < -0.4 is 10.2 Å². The Bertz CT molecular complexity index is 1230. The molecule has 0 bridgehead atoms. The molecule has 0 saturated carbocycles. The van der Waals surface area contributed by atoms with Gasteiger partial charge in [0.2, 0.25) is 0 Å². The lowest BCUT2D eigenvalue weighted by Crippen LogP contribution is -2.47. The molecule has 3 aromatic rings. The second kappa shape index (κ2) is 8.51. The molecule has 1 unspecified atom stereocenters. The maximum atomic E-state index is 10.8. The second-order valence-electron chi connectivity index (χ2n) is 8.75. The van der Waals surface area contributed by atoms with Crippen LogP contribution in [0.1, 0.15) is 56.7 Å². The van der Waals surface area contributed by atoms with E-state index in [-0.39, 0.29) is 17.5 Å². The fraction of sp³-hybridized carbons (Fsp3) is 0.346. The third-order valence-corrected chi connectivity index (χ3v) is 6.59. The van der Waals surface area contributed by atoms with E-state index < -0.39 is 0 Å². The summed E-state index contributed by atoms with van der Waals surface area (Å²) >= 11 is 5.81. The van der Waals surface area contributed by atoms with Gasteiger partial charge in [-0.2, -0.15) is 0 Å². The van der Waals surface area contributed by atoms with Gasteiger partial charge in [0.25, 0.3) is 0 Å². The standard InChI is InChI=1S/C26H31N3O2S/c1-6-16-10-20(25(31)13-24(16)30)23-11-17(7-2)27-26(32)29(23)18-8-9-22-19(12-18)21(15(3)4)14-28(22)5/h8-15,17,30-31H,6-7H2,1-5H3,(H,27,32). The van der Waals surface area contributed by atoms with E-state index in [1.165, 1.54) is 22.5 Å². The molecule has 0 saturated heterocycles. The maximum Gasteiger partial charge on any atom is 0.178 e. The van der Waals surface area contributed by atoms with Crippen LogP contribution in [0.4, 0.5) is 5.69 Å². The minimum Gasteiger partial charge on any atom is -0.508 e. The molecule has 1 aliphatic rings. The molecule has 0 spiro atoms. The smallest absolute Gasteiger partial charge is 0.178 e. The summed E-state index contributed by atoms with van der Waals surface area (Å²) in [5.74, 6) is 0.545. The van der Waals surface area contributed by atoms with Gasteiger partial charge in [0, 0.05) is 47.5 Å². The topological polar surface area (TPSA) is 60.7 Å². The number of thiocarbonyl (C=S) groups is 1. The van der Waals surface area contributed by atoms with Crippen molar-refractivity contribution < 1.29 is 10.2 Å². The third-order valence-electron chi connectivity index (χ3n) is 6.29. The Morgan fingerprint density at radius 1 is 1.09 bits per heavy atom. The first-order valence-corrected chi connectivity index (χ1v) is 11.6. The molecule has 0 amide bonds. The third kappa shape index (κ3) is 3.73. The second-order valence-corrected chi connectivity index (χ2v) is 9.14. The number of benzene rings is 2. The van der Waals surface area contributed by atoms with E-state index in [0.717, 1.165) is 23.4 Å². The molecule has 1 aromatic heterocycles. The zero-order chi connectivity index (χ0) is 23.2. The van der Waals surface area contributed by atoms with E-state index in [2.05, 4.69) is 68.2 Å². The molecule has 168 valence electrons. The lowest BCUT2D eigenvalue weighted by atomic mass is 9.98.